The van der Waals surface area contributed by atoms with E-state index in [1.54, 1.807) is 6.07 Å². The van der Waals surface area contributed by atoms with Gasteiger partial charge in [-0.1, -0.05) is 12.2 Å². The summed E-state index contributed by atoms with van der Waals surface area (Å²) in [5, 5.41) is 14.6. The topological polar surface area (TPSA) is 87.9 Å². The molecule has 0 aliphatic carbocycles. The third-order valence-corrected chi connectivity index (χ3v) is 4.68. The number of hydrogen-bond donors (Lipinski definition) is 1. The van der Waals surface area contributed by atoms with Crippen molar-refractivity contribution in [2.24, 2.45) is 0 Å². The van der Waals surface area contributed by atoms with Gasteiger partial charge in [0.15, 0.2) is 0 Å². The van der Waals surface area contributed by atoms with Crippen LogP contribution in [-0.4, -0.2) is 54.7 Å². The molecule has 1 aromatic rings. The third kappa shape index (κ3) is 4.13. The number of ether oxygens (including phenoxy) is 1. The molecule has 0 unspecified atom stereocenters. The monoisotopic (exact) mass is 360 g/mol. The lowest BCUT2D eigenvalue weighted by atomic mass is 10.0. The Labute approximate surface area is 152 Å². The minimum atomic E-state index is -0.468. The first-order valence-corrected chi connectivity index (χ1v) is 8.80. The molecule has 0 atom stereocenters. The summed E-state index contributed by atoms with van der Waals surface area (Å²) in [5.74, 6) is 0. The number of nitro groups is 1. The van der Waals surface area contributed by atoms with Crippen LogP contribution in [0.1, 0.15) is 19.8 Å². The molecule has 2 aliphatic rings. The molecule has 8 nitrogen and oxygen atoms in total. The van der Waals surface area contributed by atoms with Crippen molar-refractivity contribution in [3.8, 4) is 0 Å². The number of carbonyl (C=O) groups is 1. The first kappa shape index (κ1) is 18.2. The van der Waals surface area contributed by atoms with E-state index in [4.69, 9.17) is 4.74 Å². The van der Waals surface area contributed by atoms with Gasteiger partial charge in [-0.25, -0.2) is 4.79 Å². The van der Waals surface area contributed by atoms with Gasteiger partial charge in [-0.05, 0) is 25.8 Å². The van der Waals surface area contributed by atoms with E-state index in [0.29, 0.717) is 18.8 Å². The zero-order chi connectivity index (χ0) is 18.7. The molecule has 0 saturated carbocycles. The first-order valence-electron chi connectivity index (χ1n) is 8.80. The number of cyclic esters (lactones) is 1. The fourth-order valence-corrected chi connectivity index (χ4v) is 3.43. The van der Waals surface area contributed by atoms with Crippen LogP contribution in [0, 0.1) is 10.1 Å². The van der Waals surface area contributed by atoms with Crippen LogP contribution in [0.25, 0.3) is 0 Å². The maximum Gasteiger partial charge on any atom is 0.414 e. The second-order valence-corrected chi connectivity index (χ2v) is 6.88. The number of nitrogens with one attached hydrogen (secondary N) is 1. The number of piperidine rings is 1. The SMILES string of the molecule is C=C(C)CN1CCC(Nc2ccc([N+](=O)[O-])cc2N2CCOC2=O)CC1. The molecular formula is C18H24N4O4. The fourth-order valence-electron chi connectivity index (χ4n) is 3.43. The minimum absolute atomic E-state index is 0.0403. The van der Waals surface area contributed by atoms with Crippen molar-refractivity contribution in [1.29, 1.82) is 0 Å². The van der Waals surface area contributed by atoms with Crippen molar-refractivity contribution in [1.82, 2.24) is 4.90 Å². The van der Waals surface area contributed by atoms with Gasteiger partial charge in [0.05, 0.1) is 22.8 Å². The van der Waals surface area contributed by atoms with E-state index in [9.17, 15) is 14.9 Å². The number of amides is 1. The smallest absolute Gasteiger partial charge is 0.414 e. The van der Waals surface area contributed by atoms with Crippen LogP contribution >= 0.6 is 0 Å². The Bertz CT molecular complexity index is 713. The molecule has 8 heteroatoms. The lowest BCUT2D eigenvalue weighted by molar-refractivity contribution is -0.384. The summed E-state index contributed by atoms with van der Waals surface area (Å²) < 4.78 is 4.99. The van der Waals surface area contributed by atoms with E-state index in [1.165, 1.54) is 17.0 Å². The molecule has 2 aliphatic heterocycles. The highest BCUT2D eigenvalue weighted by molar-refractivity contribution is 5.94. The van der Waals surface area contributed by atoms with Gasteiger partial charge in [0.2, 0.25) is 0 Å². The molecule has 0 radical (unpaired) electrons. The average molecular weight is 360 g/mol. The Hall–Kier alpha value is -2.61. The molecule has 140 valence electrons. The molecule has 0 bridgehead atoms. The Kier molecular flexibility index (Phi) is 5.41. The Morgan fingerprint density at radius 3 is 2.69 bits per heavy atom. The van der Waals surface area contributed by atoms with Crippen molar-refractivity contribution in [3.05, 3.63) is 40.5 Å². The second-order valence-electron chi connectivity index (χ2n) is 6.88. The van der Waals surface area contributed by atoms with Gasteiger partial charge >= 0.3 is 6.09 Å². The number of anilines is 2. The molecule has 2 fully saturated rings. The van der Waals surface area contributed by atoms with Crippen molar-refractivity contribution in [3.63, 3.8) is 0 Å². The number of benzene rings is 1. The molecule has 3 rings (SSSR count). The molecule has 26 heavy (non-hydrogen) atoms. The number of rotatable bonds is 6. The quantitative estimate of drug-likeness (QED) is 0.477. The molecule has 1 aromatic carbocycles. The van der Waals surface area contributed by atoms with Gasteiger partial charge in [-0.3, -0.25) is 19.9 Å². The van der Waals surface area contributed by atoms with Crippen LogP contribution in [0.2, 0.25) is 0 Å². The van der Waals surface area contributed by atoms with Gasteiger partial charge in [-0.15, -0.1) is 0 Å². The fraction of sp³-hybridized carbons (Fsp3) is 0.500. The van der Waals surface area contributed by atoms with Crippen molar-refractivity contribution >= 4 is 23.2 Å². The predicted octanol–water partition coefficient (Wildman–Crippen LogP) is 3.00. The van der Waals surface area contributed by atoms with Gasteiger partial charge in [0.1, 0.15) is 6.61 Å². The summed E-state index contributed by atoms with van der Waals surface area (Å²) >= 11 is 0. The summed E-state index contributed by atoms with van der Waals surface area (Å²) in [6, 6.07) is 4.84. The van der Waals surface area contributed by atoms with E-state index < -0.39 is 11.0 Å². The summed E-state index contributed by atoms with van der Waals surface area (Å²) in [6.45, 7) is 9.53. The van der Waals surface area contributed by atoms with Gasteiger partial charge in [0, 0.05) is 37.8 Å². The van der Waals surface area contributed by atoms with Gasteiger partial charge in [-0.2, -0.15) is 0 Å². The highest BCUT2D eigenvalue weighted by Gasteiger charge is 2.28. The molecule has 2 saturated heterocycles. The first-order chi connectivity index (χ1) is 12.4. The maximum atomic E-state index is 11.9. The van der Waals surface area contributed by atoms with E-state index in [1.807, 2.05) is 6.92 Å². The second kappa shape index (κ2) is 7.74. The molecule has 2 heterocycles. The molecule has 0 aromatic heterocycles. The molecule has 1 N–H and O–H groups in total. The van der Waals surface area contributed by atoms with Crippen LogP contribution in [0.5, 0.6) is 0 Å². The van der Waals surface area contributed by atoms with Crippen LogP contribution < -0.4 is 10.2 Å². The lowest BCUT2D eigenvalue weighted by Gasteiger charge is -2.33. The lowest BCUT2D eigenvalue weighted by Crippen LogP contribution is -2.40. The minimum Gasteiger partial charge on any atom is -0.447 e. The summed E-state index contributed by atoms with van der Waals surface area (Å²) in [6.07, 6.45) is 1.47. The van der Waals surface area contributed by atoms with E-state index in [-0.39, 0.29) is 11.7 Å². The number of hydrogen-bond acceptors (Lipinski definition) is 6. The van der Waals surface area contributed by atoms with Crippen LogP contribution in [0.15, 0.2) is 30.4 Å². The van der Waals surface area contributed by atoms with Crippen LogP contribution in [0.3, 0.4) is 0 Å². The van der Waals surface area contributed by atoms with Crippen molar-refractivity contribution in [2.75, 3.05) is 43.0 Å². The third-order valence-electron chi connectivity index (χ3n) is 4.68. The van der Waals surface area contributed by atoms with Crippen LogP contribution in [-0.2, 0) is 4.74 Å². The highest BCUT2D eigenvalue weighted by atomic mass is 16.6. The normalized spacial score (nSPS) is 18.7. The van der Waals surface area contributed by atoms with Gasteiger partial charge in [0.25, 0.3) is 5.69 Å². The van der Waals surface area contributed by atoms with Crippen molar-refractivity contribution in [2.45, 2.75) is 25.8 Å². The van der Waals surface area contributed by atoms with E-state index in [0.717, 1.165) is 43.7 Å². The Balaban J connectivity index is 1.74. The molecular weight excluding hydrogens is 336 g/mol. The summed E-state index contributed by atoms with van der Waals surface area (Å²) in [5.41, 5.74) is 2.35. The van der Waals surface area contributed by atoms with Crippen molar-refractivity contribution < 1.29 is 14.5 Å². The largest absolute Gasteiger partial charge is 0.447 e. The molecule has 1 amide bonds. The number of carbonyl (C=O) groups excluding carboxylic acids is 1. The number of nitrogens with zero attached hydrogens (tertiary/aromatic N) is 3. The van der Waals surface area contributed by atoms with E-state index in [2.05, 4.69) is 16.8 Å². The predicted molar refractivity (Wildman–Crippen MR) is 99.7 cm³/mol. The average Bonchev–Trinajstić information content (AvgIpc) is 3.02. The number of nitro benzene ring substituents is 1. The maximum absolute atomic E-state index is 11.9. The Morgan fingerprint density at radius 2 is 2.12 bits per heavy atom. The summed E-state index contributed by atoms with van der Waals surface area (Å²) in [4.78, 5) is 26.4. The van der Waals surface area contributed by atoms with Crippen LogP contribution in [0.4, 0.5) is 21.9 Å². The van der Waals surface area contributed by atoms with E-state index >= 15 is 0 Å². The number of likely N-dealkylation sites (tertiary alicyclic amines) is 1. The number of non-ortho nitro benzene ring substituents is 1. The zero-order valence-corrected chi connectivity index (χ0v) is 14.9. The Morgan fingerprint density at radius 1 is 1.38 bits per heavy atom. The zero-order valence-electron chi connectivity index (χ0n) is 14.9. The van der Waals surface area contributed by atoms with Gasteiger partial charge < -0.3 is 10.1 Å². The standard InChI is InChI=1S/C18H24N4O4/c1-13(2)12-20-7-5-14(6-8-20)19-16-4-3-15(22(24)25)11-17(16)21-9-10-26-18(21)23/h3-4,11,14,19H,1,5-10,12H2,2H3. The summed E-state index contributed by atoms with van der Waals surface area (Å²) in [7, 11) is 0. The molecule has 0 spiro atoms. The highest BCUT2D eigenvalue weighted by Crippen LogP contribution is 2.33.